The average Bonchev–Trinajstić information content (AvgIpc) is 3.66. The van der Waals surface area contributed by atoms with Crippen LogP contribution in [0.3, 0.4) is 0 Å². The van der Waals surface area contributed by atoms with Gasteiger partial charge in [-0.25, -0.2) is 4.79 Å². The number of likely N-dealkylation sites (tertiary alicyclic amines) is 1. The Morgan fingerprint density at radius 3 is 2.44 bits per heavy atom. The second-order valence-corrected chi connectivity index (χ2v) is 14.9. The molecule has 9 nitrogen and oxygen atoms in total. The van der Waals surface area contributed by atoms with Crippen molar-refractivity contribution < 1.29 is 24.9 Å². The first-order valence-electron chi connectivity index (χ1n) is 18.3. The molecule has 0 bridgehead atoms. The Hall–Kier alpha value is -2.76. The number of ether oxygens (including phenoxy) is 1. The van der Waals surface area contributed by atoms with Crippen LogP contribution >= 0.6 is 11.3 Å². The first-order chi connectivity index (χ1) is 23.4. The highest BCUT2D eigenvalue weighted by atomic mass is 32.1. The van der Waals surface area contributed by atoms with Crippen molar-refractivity contribution in [3.05, 3.63) is 62.6 Å². The summed E-state index contributed by atoms with van der Waals surface area (Å²) in [5.41, 5.74) is -0.753. The van der Waals surface area contributed by atoms with Gasteiger partial charge in [0.15, 0.2) is 5.60 Å². The zero-order valence-electron chi connectivity index (χ0n) is 28.3. The van der Waals surface area contributed by atoms with Crippen LogP contribution in [0, 0.1) is 11.8 Å². The number of piperidine rings is 1. The number of nitrogens with zero attached hydrogens (tertiary/aromatic N) is 1. The van der Waals surface area contributed by atoms with Crippen molar-refractivity contribution in [3.63, 3.8) is 0 Å². The highest BCUT2D eigenvalue weighted by Crippen LogP contribution is 2.42. The lowest BCUT2D eigenvalue weighted by atomic mass is 9.76. The molecule has 48 heavy (non-hydrogen) atoms. The van der Waals surface area contributed by atoms with Gasteiger partial charge >= 0.3 is 5.97 Å². The SMILES string of the molecule is O=C(OCC1CCN(CCCCCCCCCNC[C@H](O)c2ccc(O)c3[nH]c(=O)ccc23)CC1)C(O)(c1cccs1)C1CCCCC1. The number of hydrogen-bond acceptors (Lipinski definition) is 9. The zero-order chi connectivity index (χ0) is 33.8. The number of aromatic hydroxyl groups is 1. The monoisotopic (exact) mass is 681 g/mol. The Bertz CT molecular complexity index is 1460. The number of nitrogens with one attached hydrogen (secondary N) is 2. The summed E-state index contributed by atoms with van der Waals surface area (Å²) in [5.74, 6) is -0.147. The second kappa shape index (κ2) is 18.3. The number of aliphatic hydroxyl groups is 2. The van der Waals surface area contributed by atoms with Gasteiger partial charge in [0.05, 0.1) is 18.2 Å². The first-order valence-corrected chi connectivity index (χ1v) is 19.1. The maximum Gasteiger partial charge on any atom is 0.344 e. The first kappa shape index (κ1) is 36.5. The van der Waals surface area contributed by atoms with E-state index < -0.39 is 17.7 Å². The van der Waals surface area contributed by atoms with Crippen molar-refractivity contribution in [1.29, 1.82) is 0 Å². The molecule has 3 heterocycles. The summed E-state index contributed by atoms with van der Waals surface area (Å²) in [6, 6.07) is 10.0. The Kier molecular flexibility index (Phi) is 13.9. The maximum absolute atomic E-state index is 13.3. The van der Waals surface area contributed by atoms with Crippen LogP contribution < -0.4 is 10.9 Å². The Morgan fingerprint density at radius 2 is 1.71 bits per heavy atom. The predicted molar refractivity (Wildman–Crippen MR) is 191 cm³/mol. The summed E-state index contributed by atoms with van der Waals surface area (Å²) in [6.45, 7) is 4.89. The topological polar surface area (TPSA) is 135 Å². The molecular weight excluding hydrogens is 627 g/mol. The lowest BCUT2D eigenvalue weighted by Gasteiger charge is -2.36. The number of fused-ring (bicyclic) bond motifs is 1. The summed E-state index contributed by atoms with van der Waals surface area (Å²) >= 11 is 1.45. The molecule has 1 unspecified atom stereocenters. The smallest absolute Gasteiger partial charge is 0.344 e. The maximum atomic E-state index is 13.3. The fraction of sp³-hybridized carbons (Fsp3) is 0.632. The normalized spacial score (nSPS) is 18.5. The number of phenols is 1. The molecule has 1 aliphatic heterocycles. The fourth-order valence-electron chi connectivity index (χ4n) is 7.53. The van der Waals surface area contributed by atoms with E-state index >= 15 is 0 Å². The van der Waals surface area contributed by atoms with E-state index in [4.69, 9.17) is 4.74 Å². The van der Waals surface area contributed by atoms with Gasteiger partial charge in [-0.05, 0) is 99.8 Å². The van der Waals surface area contributed by atoms with Crippen LogP contribution in [0.2, 0.25) is 0 Å². The number of phenolic OH excluding ortho intramolecular Hbond substituents is 1. The predicted octanol–water partition coefficient (Wildman–Crippen LogP) is 6.37. The highest BCUT2D eigenvalue weighted by Gasteiger charge is 2.48. The molecule has 2 aliphatic rings. The Morgan fingerprint density at radius 1 is 0.979 bits per heavy atom. The minimum Gasteiger partial charge on any atom is -0.506 e. The van der Waals surface area contributed by atoms with E-state index in [1.807, 2.05) is 17.5 Å². The highest BCUT2D eigenvalue weighted by molar-refractivity contribution is 7.10. The Labute approximate surface area is 288 Å². The van der Waals surface area contributed by atoms with Gasteiger partial charge in [-0.15, -0.1) is 11.3 Å². The van der Waals surface area contributed by atoms with Crippen molar-refractivity contribution in [1.82, 2.24) is 15.2 Å². The molecule has 5 rings (SSSR count). The zero-order valence-corrected chi connectivity index (χ0v) is 29.2. The molecule has 3 aromatic rings. The number of carbonyl (C=O) groups is 1. The number of hydrogen-bond donors (Lipinski definition) is 5. The summed E-state index contributed by atoms with van der Waals surface area (Å²) in [4.78, 5) is 30.8. The minimum absolute atomic E-state index is 0.00166. The third-order valence-electron chi connectivity index (χ3n) is 10.5. The number of aromatic amines is 1. The van der Waals surface area contributed by atoms with Gasteiger partial charge in [0.1, 0.15) is 5.75 Å². The van der Waals surface area contributed by atoms with Crippen LogP contribution in [0.4, 0.5) is 0 Å². The van der Waals surface area contributed by atoms with Gasteiger partial charge in [-0.1, -0.05) is 63.5 Å². The molecule has 0 spiro atoms. The number of unbranched alkanes of at least 4 members (excludes halogenated alkanes) is 6. The summed E-state index contributed by atoms with van der Waals surface area (Å²) < 4.78 is 5.84. The van der Waals surface area contributed by atoms with Crippen molar-refractivity contribution in [2.75, 3.05) is 39.3 Å². The van der Waals surface area contributed by atoms with Crippen LogP contribution in [0.5, 0.6) is 5.75 Å². The van der Waals surface area contributed by atoms with E-state index in [1.165, 1.54) is 62.0 Å². The number of thiophene rings is 1. The number of carbonyl (C=O) groups excluding carboxylic acids is 1. The molecule has 2 atom stereocenters. The van der Waals surface area contributed by atoms with Gasteiger partial charge in [-0.2, -0.15) is 0 Å². The standard InChI is InChI=1S/C38H55N3O6S/c42-32-17-15-30(31-16-18-35(44)40-36(31)32)33(43)26-39-21-9-4-2-1-3-5-10-22-41-23-19-28(20-24-41)27-47-37(45)38(46,34-14-11-25-48-34)29-12-7-6-8-13-29/h11,14-18,25,28-29,33,39,42-43,46H,1-10,12-13,19-24,26-27H2,(H,40,44)/t33-,38?/m0/s1. The summed E-state index contributed by atoms with van der Waals surface area (Å²) in [7, 11) is 0. The number of H-pyrrole nitrogens is 1. The number of pyridine rings is 1. The third-order valence-corrected chi connectivity index (χ3v) is 11.5. The quantitative estimate of drug-likeness (QED) is 0.0772. The second-order valence-electron chi connectivity index (χ2n) is 13.9. The molecule has 5 N–H and O–H groups in total. The van der Waals surface area contributed by atoms with Crippen LogP contribution in [0.1, 0.15) is 106 Å². The molecule has 1 saturated heterocycles. The van der Waals surface area contributed by atoms with Gasteiger partial charge in [0, 0.05) is 28.8 Å². The van der Waals surface area contributed by atoms with Crippen molar-refractivity contribution >= 4 is 28.2 Å². The van der Waals surface area contributed by atoms with Gasteiger partial charge in [0.25, 0.3) is 0 Å². The number of aliphatic hydroxyl groups excluding tert-OH is 1. The molecule has 1 saturated carbocycles. The van der Waals surface area contributed by atoms with Crippen molar-refractivity contribution in [2.45, 2.75) is 102 Å². The lowest BCUT2D eigenvalue weighted by molar-refractivity contribution is -0.177. The van der Waals surface area contributed by atoms with E-state index in [-0.39, 0.29) is 17.2 Å². The number of esters is 1. The molecule has 2 aromatic heterocycles. The van der Waals surface area contributed by atoms with E-state index in [0.717, 1.165) is 82.4 Å². The van der Waals surface area contributed by atoms with E-state index in [0.29, 0.717) is 35.5 Å². The lowest BCUT2D eigenvalue weighted by Crippen LogP contribution is -2.45. The third kappa shape index (κ3) is 9.69. The number of benzene rings is 1. The van der Waals surface area contributed by atoms with Gasteiger partial charge < -0.3 is 35.3 Å². The molecule has 10 heteroatoms. The minimum atomic E-state index is -1.51. The van der Waals surface area contributed by atoms with E-state index in [1.54, 1.807) is 12.1 Å². The van der Waals surface area contributed by atoms with Crippen LogP contribution in [0.15, 0.2) is 46.6 Å². The van der Waals surface area contributed by atoms with Crippen molar-refractivity contribution in [3.8, 4) is 5.75 Å². The number of aromatic nitrogens is 1. The van der Waals surface area contributed by atoms with Crippen molar-refractivity contribution in [2.24, 2.45) is 11.8 Å². The summed E-state index contributed by atoms with van der Waals surface area (Å²) in [6.07, 6.45) is 14.8. The van der Waals surface area contributed by atoms with Gasteiger partial charge in [-0.3, -0.25) is 4.79 Å². The van der Waals surface area contributed by atoms with Gasteiger partial charge in [0.2, 0.25) is 5.56 Å². The van der Waals surface area contributed by atoms with Crippen LogP contribution in [0.25, 0.3) is 10.9 Å². The van der Waals surface area contributed by atoms with E-state index in [2.05, 4.69) is 15.2 Å². The molecule has 1 aromatic carbocycles. The molecule has 0 radical (unpaired) electrons. The molecular formula is C38H55N3O6S. The molecule has 2 fully saturated rings. The van der Waals surface area contributed by atoms with Crippen LogP contribution in [-0.2, 0) is 15.1 Å². The largest absolute Gasteiger partial charge is 0.506 e. The molecule has 0 amide bonds. The Balaban J connectivity index is 0.879. The van der Waals surface area contributed by atoms with Crippen LogP contribution in [-0.4, -0.2) is 70.5 Å². The molecule has 1 aliphatic carbocycles. The summed E-state index contributed by atoms with van der Waals surface area (Å²) in [5, 5.41) is 38.3. The molecule has 264 valence electrons. The van der Waals surface area contributed by atoms with E-state index in [9.17, 15) is 24.9 Å². The average molecular weight is 682 g/mol. The fourth-order valence-corrected chi connectivity index (χ4v) is 8.42. The number of rotatable bonds is 18.